The Balaban J connectivity index is 1.55. The number of likely N-dealkylation sites (tertiary alicyclic amines) is 1. The van der Waals surface area contributed by atoms with Gasteiger partial charge in [-0.3, -0.25) is 4.90 Å². The van der Waals surface area contributed by atoms with Crippen molar-refractivity contribution in [2.45, 2.75) is 56.4 Å². The third-order valence-electron chi connectivity index (χ3n) is 5.62. The molecule has 0 spiro atoms. The second kappa shape index (κ2) is 7.68. The Kier molecular flexibility index (Phi) is 5.58. The first-order valence-electron chi connectivity index (χ1n) is 8.86. The molecule has 2 heterocycles. The summed E-state index contributed by atoms with van der Waals surface area (Å²) in [5, 5.41) is 8.82. The second-order valence-corrected chi connectivity index (χ2v) is 6.95. The molecule has 3 atom stereocenters. The Morgan fingerprint density at radius 3 is 2.79 bits per heavy atom. The van der Waals surface area contributed by atoms with Crippen LogP contribution in [0.1, 0.15) is 32.1 Å². The van der Waals surface area contributed by atoms with Crippen LogP contribution in [0.25, 0.3) is 0 Å². The minimum absolute atomic E-state index is 0.0272. The molecule has 24 heavy (non-hydrogen) atoms. The van der Waals surface area contributed by atoms with Crippen molar-refractivity contribution in [3.05, 3.63) is 24.5 Å². The number of aliphatic carboxylic acids is 1. The summed E-state index contributed by atoms with van der Waals surface area (Å²) >= 11 is 0. The Morgan fingerprint density at radius 1 is 1.29 bits per heavy atom. The smallest absolute Gasteiger partial charge is 0.329 e. The van der Waals surface area contributed by atoms with Gasteiger partial charge in [-0.1, -0.05) is 0 Å². The van der Waals surface area contributed by atoms with Gasteiger partial charge in [0.2, 0.25) is 0 Å². The van der Waals surface area contributed by atoms with Crippen molar-refractivity contribution in [1.29, 1.82) is 0 Å². The van der Waals surface area contributed by atoms with Crippen LogP contribution in [0.4, 0.5) is 0 Å². The van der Waals surface area contributed by atoms with Crippen molar-refractivity contribution in [3.8, 4) is 0 Å². The Morgan fingerprint density at radius 2 is 2.08 bits per heavy atom. The van der Waals surface area contributed by atoms with Gasteiger partial charge in [-0.05, 0) is 44.2 Å². The molecule has 6 heteroatoms. The zero-order valence-corrected chi connectivity index (χ0v) is 14.4. The van der Waals surface area contributed by atoms with E-state index < -0.39 is 5.97 Å². The van der Waals surface area contributed by atoms with E-state index in [2.05, 4.69) is 34.0 Å². The van der Waals surface area contributed by atoms with Crippen molar-refractivity contribution in [2.24, 2.45) is 0 Å². The average Bonchev–Trinajstić information content (AvgIpc) is 3.21. The van der Waals surface area contributed by atoms with E-state index in [1.807, 2.05) is 7.11 Å². The summed E-state index contributed by atoms with van der Waals surface area (Å²) in [7, 11) is 1.81. The van der Waals surface area contributed by atoms with E-state index in [0.717, 1.165) is 51.7 Å². The van der Waals surface area contributed by atoms with E-state index in [0.29, 0.717) is 6.04 Å². The average molecular weight is 336 g/mol. The monoisotopic (exact) mass is 336 g/mol. The van der Waals surface area contributed by atoms with Gasteiger partial charge in [-0.15, -0.1) is 0 Å². The van der Waals surface area contributed by atoms with E-state index in [9.17, 15) is 4.79 Å². The molecule has 3 rings (SSSR count). The quantitative estimate of drug-likeness (QED) is 0.786. The van der Waals surface area contributed by atoms with Gasteiger partial charge >= 0.3 is 5.97 Å². The van der Waals surface area contributed by atoms with Gasteiger partial charge in [0, 0.05) is 45.2 Å². The van der Waals surface area contributed by atoms with Crippen molar-refractivity contribution < 1.29 is 19.4 Å². The normalized spacial score (nSPS) is 30.4. The number of nitrogens with zero attached hydrogens (tertiary/aromatic N) is 2. The first kappa shape index (κ1) is 17.5. The summed E-state index contributed by atoms with van der Waals surface area (Å²) in [6.07, 6.45) is 9.08. The molecule has 0 unspecified atom stereocenters. The third kappa shape index (κ3) is 3.82. The lowest BCUT2D eigenvalue weighted by molar-refractivity contribution is -0.148. The van der Waals surface area contributed by atoms with E-state index in [4.69, 9.17) is 14.6 Å². The summed E-state index contributed by atoms with van der Waals surface area (Å²) in [6.45, 7) is 2.91. The molecule has 0 aromatic carbocycles. The van der Waals surface area contributed by atoms with Crippen LogP contribution in [-0.2, 0) is 20.8 Å². The highest BCUT2D eigenvalue weighted by Gasteiger charge is 2.50. The Bertz CT molecular complexity index is 533. The van der Waals surface area contributed by atoms with Gasteiger partial charge < -0.3 is 19.1 Å². The molecule has 1 N–H and O–H groups in total. The Hall–Kier alpha value is -1.37. The van der Waals surface area contributed by atoms with Gasteiger partial charge in [-0.2, -0.15) is 0 Å². The molecular formula is C18H28N2O4. The lowest BCUT2D eigenvalue weighted by atomic mass is 9.79. The van der Waals surface area contributed by atoms with Crippen LogP contribution >= 0.6 is 0 Å². The topological polar surface area (TPSA) is 63.9 Å². The number of hydrogen-bond acceptors (Lipinski definition) is 4. The summed E-state index contributed by atoms with van der Waals surface area (Å²) in [5.41, 5.74) is -0.0729. The molecule has 6 nitrogen and oxygen atoms in total. The van der Waals surface area contributed by atoms with Crippen LogP contribution in [0.15, 0.2) is 24.5 Å². The van der Waals surface area contributed by atoms with E-state index in [-0.39, 0.29) is 18.3 Å². The van der Waals surface area contributed by atoms with Crippen molar-refractivity contribution in [3.63, 3.8) is 0 Å². The molecule has 1 saturated carbocycles. The number of ether oxygens (including phenoxy) is 2. The molecule has 134 valence electrons. The highest BCUT2D eigenvalue weighted by Crippen LogP contribution is 2.43. The number of hydrogen-bond donors (Lipinski definition) is 1. The molecule has 1 aliphatic heterocycles. The highest BCUT2D eigenvalue weighted by atomic mass is 16.5. The lowest BCUT2D eigenvalue weighted by Crippen LogP contribution is -2.52. The fourth-order valence-corrected chi connectivity index (χ4v) is 4.34. The Labute approximate surface area is 143 Å². The van der Waals surface area contributed by atoms with Crippen LogP contribution in [0, 0.1) is 0 Å². The first-order chi connectivity index (χ1) is 11.6. The molecule has 1 saturated heterocycles. The molecule has 1 aromatic heterocycles. The fraction of sp³-hybridized carbons (Fsp3) is 0.722. The number of methoxy groups -OCH3 is 1. The van der Waals surface area contributed by atoms with Gasteiger partial charge in [0.15, 0.2) is 0 Å². The minimum Gasteiger partial charge on any atom is -0.480 e. The van der Waals surface area contributed by atoms with Gasteiger partial charge in [0.05, 0.1) is 11.7 Å². The second-order valence-electron chi connectivity index (χ2n) is 6.95. The zero-order valence-electron chi connectivity index (χ0n) is 14.4. The van der Waals surface area contributed by atoms with E-state index >= 15 is 0 Å². The van der Waals surface area contributed by atoms with E-state index in [1.165, 1.54) is 0 Å². The van der Waals surface area contributed by atoms with Crippen LogP contribution in [-0.4, -0.2) is 65.1 Å². The molecule has 1 aromatic rings. The van der Waals surface area contributed by atoms with Crippen molar-refractivity contribution in [1.82, 2.24) is 9.47 Å². The summed E-state index contributed by atoms with van der Waals surface area (Å²) in [6, 6.07) is 4.44. The predicted molar refractivity (Wildman–Crippen MR) is 90.0 cm³/mol. The number of fused-ring (bicyclic) bond motifs is 1. The fourth-order valence-electron chi connectivity index (χ4n) is 4.34. The maximum Gasteiger partial charge on any atom is 0.329 e. The third-order valence-corrected chi connectivity index (χ3v) is 5.62. The SMILES string of the molecule is CO[C@@]12CC[C@H](OCC(=O)O)C[C@@H]1N(CCCn1cccc1)CC2. The molecule has 2 aliphatic rings. The molecule has 0 radical (unpaired) electrons. The maximum atomic E-state index is 10.7. The maximum absolute atomic E-state index is 10.7. The lowest BCUT2D eigenvalue weighted by Gasteiger charge is -2.43. The summed E-state index contributed by atoms with van der Waals surface area (Å²) in [4.78, 5) is 13.3. The number of aryl methyl sites for hydroxylation is 1. The van der Waals surface area contributed by atoms with Crippen LogP contribution in [0.5, 0.6) is 0 Å². The first-order valence-corrected chi connectivity index (χ1v) is 8.86. The van der Waals surface area contributed by atoms with Gasteiger partial charge in [-0.25, -0.2) is 4.79 Å². The van der Waals surface area contributed by atoms with Crippen LogP contribution in [0.2, 0.25) is 0 Å². The molecule has 0 bridgehead atoms. The summed E-state index contributed by atoms with van der Waals surface area (Å²) < 4.78 is 13.7. The number of carboxylic acid groups (broad SMARTS) is 1. The number of carboxylic acids is 1. The van der Waals surface area contributed by atoms with Crippen LogP contribution < -0.4 is 0 Å². The predicted octanol–water partition coefficient (Wildman–Crippen LogP) is 1.99. The van der Waals surface area contributed by atoms with Crippen molar-refractivity contribution in [2.75, 3.05) is 26.8 Å². The zero-order chi connectivity index (χ0) is 17.0. The summed E-state index contributed by atoms with van der Waals surface area (Å²) in [5.74, 6) is -0.895. The highest BCUT2D eigenvalue weighted by molar-refractivity contribution is 5.68. The number of aromatic nitrogens is 1. The van der Waals surface area contributed by atoms with Gasteiger partial charge in [0.25, 0.3) is 0 Å². The standard InChI is InChI=1S/C18H28N2O4/c1-23-18-6-5-15(24-14-17(21)22)13-16(18)20(12-7-18)11-4-10-19-8-2-3-9-19/h2-3,8-9,15-16H,4-7,10-14H2,1H3,(H,21,22)/t15-,16-,18+/m0/s1. The molecule has 2 fully saturated rings. The van der Waals surface area contributed by atoms with Gasteiger partial charge in [0.1, 0.15) is 6.61 Å². The van der Waals surface area contributed by atoms with Crippen LogP contribution in [0.3, 0.4) is 0 Å². The van der Waals surface area contributed by atoms with Crippen molar-refractivity contribution >= 4 is 5.97 Å². The minimum atomic E-state index is -0.895. The molecule has 0 amide bonds. The molecule has 1 aliphatic carbocycles. The number of rotatable bonds is 8. The molecular weight excluding hydrogens is 308 g/mol. The number of carbonyl (C=O) groups is 1. The van der Waals surface area contributed by atoms with E-state index in [1.54, 1.807) is 0 Å². The largest absolute Gasteiger partial charge is 0.480 e.